The number of nitrogens with one attached hydrogen (secondary N) is 1. The molecule has 13 heavy (non-hydrogen) atoms. The molecule has 1 saturated carbocycles. The van der Waals surface area contributed by atoms with Crippen molar-refractivity contribution in [3.05, 3.63) is 0 Å². The van der Waals surface area contributed by atoms with Gasteiger partial charge in [-0.15, -0.1) is 0 Å². The highest BCUT2D eigenvalue weighted by molar-refractivity contribution is 7.99. The van der Waals surface area contributed by atoms with E-state index < -0.39 is 0 Å². The molecule has 0 radical (unpaired) electrons. The van der Waals surface area contributed by atoms with E-state index in [1.807, 2.05) is 0 Å². The van der Waals surface area contributed by atoms with Crippen LogP contribution in [0.2, 0.25) is 0 Å². The Morgan fingerprint density at radius 3 is 2.38 bits per heavy atom. The van der Waals surface area contributed by atoms with E-state index in [1.54, 1.807) is 0 Å². The van der Waals surface area contributed by atoms with E-state index in [0.717, 1.165) is 0 Å². The van der Waals surface area contributed by atoms with Gasteiger partial charge in [-0.05, 0) is 37.2 Å². The van der Waals surface area contributed by atoms with E-state index in [4.69, 9.17) is 4.84 Å². The van der Waals surface area contributed by atoms with Gasteiger partial charge in [0.2, 0.25) is 0 Å². The van der Waals surface area contributed by atoms with Gasteiger partial charge in [0, 0.05) is 6.04 Å². The largest absolute Gasteiger partial charge is 0.298 e. The average molecular weight is 201 g/mol. The zero-order valence-corrected chi connectivity index (χ0v) is 8.94. The molecular weight excluding hydrogens is 182 g/mol. The molecule has 1 aliphatic carbocycles. The van der Waals surface area contributed by atoms with E-state index >= 15 is 0 Å². The van der Waals surface area contributed by atoms with E-state index in [9.17, 15) is 0 Å². The maximum absolute atomic E-state index is 5.68. The molecule has 1 saturated heterocycles. The van der Waals surface area contributed by atoms with Gasteiger partial charge < -0.3 is 0 Å². The summed E-state index contributed by atoms with van der Waals surface area (Å²) in [5.74, 6) is 2.59. The Hall–Kier alpha value is 0.270. The van der Waals surface area contributed by atoms with E-state index in [1.165, 1.54) is 50.0 Å². The second-order valence-electron chi connectivity index (χ2n) is 4.03. The number of rotatable bonds is 3. The molecule has 0 bridgehead atoms. The van der Waals surface area contributed by atoms with Gasteiger partial charge in [-0.25, -0.2) is 0 Å². The first-order valence-electron chi connectivity index (χ1n) is 5.44. The molecule has 2 rings (SSSR count). The van der Waals surface area contributed by atoms with Gasteiger partial charge in [-0.2, -0.15) is 17.2 Å². The minimum atomic E-state index is 0.509. The molecule has 0 atom stereocenters. The SMILES string of the molecule is C1CCC(ONC2CCSCC2)C1. The first-order chi connectivity index (χ1) is 6.45. The zero-order chi connectivity index (χ0) is 8.93. The van der Waals surface area contributed by atoms with Crippen molar-refractivity contribution < 1.29 is 4.84 Å². The second kappa shape index (κ2) is 5.23. The fourth-order valence-electron chi connectivity index (χ4n) is 2.01. The maximum atomic E-state index is 5.68. The van der Waals surface area contributed by atoms with Crippen LogP contribution >= 0.6 is 11.8 Å². The van der Waals surface area contributed by atoms with Gasteiger partial charge in [0.1, 0.15) is 0 Å². The first-order valence-corrected chi connectivity index (χ1v) is 6.59. The van der Waals surface area contributed by atoms with Gasteiger partial charge in [0.25, 0.3) is 0 Å². The summed E-state index contributed by atoms with van der Waals surface area (Å²) < 4.78 is 0. The van der Waals surface area contributed by atoms with Crippen molar-refractivity contribution in [2.45, 2.75) is 50.7 Å². The maximum Gasteiger partial charge on any atom is 0.0790 e. The summed E-state index contributed by atoms with van der Waals surface area (Å²) in [7, 11) is 0. The molecule has 0 aromatic rings. The van der Waals surface area contributed by atoms with Crippen molar-refractivity contribution in [3.8, 4) is 0 Å². The van der Waals surface area contributed by atoms with E-state index in [-0.39, 0.29) is 0 Å². The third-order valence-corrected chi connectivity index (χ3v) is 3.97. The van der Waals surface area contributed by atoms with Crippen LogP contribution in [0.5, 0.6) is 0 Å². The van der Waals surface area contributed by atoms with Gasteiger partial charge in [0.15, 0.2) is 0 Å². The van der Waals surface area contributed by atoms with Gasteiger partial charge >= 0.3 is 0 Å². The minimum Gasteiger partial charge on any atom is -0.298 e. The van der Waals surface area contributed by atoms with Crippen molar-refractivity contribution in [2.75, 3.05) is 11.5 Å². The fourth-order valence-corrected chi connectivity index (χ4v) is 3.12. The quantitative estimate of drug-likeness (QED) is 0.708. The number of hydrogen-bond donors (Lipinski definition) is 1. The monoisotopic (exact) mass is 201 g/mol. The average Bonchev–Trinajstić information content (AvgIpc) is 2.69. The summed E-state index contributed by atoms with van der Waals surface area (Å²) in [5, 5.41) is 0. The molecule has 2 aliphatic rings. The summed E-state index contributed by atoms with van der Waals surface area (Å²) in [6, 6.07) is 0.627. The molecule has 0 unspecified atom stereocenters. The van der Waals surface area contributed by atoms with E-state index in [0.29, 0.717) is 12.1 Å². The van der Waals surface area contributed by atoms with Gasteiger partial charge in [-0.1, -0.05) is 12.8 Å². The predicted octanol–water partition coefficient (Wildman–Crippen LogP) is 2.35. The van der Waals surface area contributed by atoms with Crippen molar-refractivity contribution in [3.63, 3.8) is 0 Å². The molecule has 1 heterocycles. The molecular formula is C10H19NOS. The lowest BCUT2D eigenvalue weighted by atomic mass is 10.2. The van der Waals surface area contributed by atoms with Crippen LogP contribution in [0.25, 0.3) is 0 Å². The van der Waals surface area contributed by atoms with Gasteiger partial charge in [0.05, 0.1) is 6.10 Å². The van der Waals surface area contributed by atoms with Crippen LogP contribution in [0.1, 0.15) is 38.5 Å². The molecule has 1 aliphatic heterocycles. The van der Waals surface area contributed by atoms with Crippen molar-refractivity contribution in [1.82, 2.24) is 5.48 Å². The lowest BCUT2D eigenvalue weighted by Crippen LogP contribution is -2.35. The Bertz CT molecular complexity index is 142. The molecule has 0 aromatic heterocycles. The number of thioether (sulfide) groups is 1. The lowest BCUT2D eigenvalue weighted by molar-refractivity contribution is -0.0413. The second-order valence-corrected chi connectivity index (χ2v) is 5.25. The van der Waals surface area contributed by atoms with Crippen molar-refractivity contribution >= 4 is 11.8 Å². The van der Waals surface area contributed by atoms with Crippen LogP contribution in [0.3, 0.4) is 0 Å². The minimum absolute atomic E-state index is 0.509. The molecule has 0 spiro atoms. The Balaban J connectivity index is 1.60. The highest BCUT2D eigenvalue weighted by Gasteiger charge is 2.18. The molecule has 0 aromatic carbocycles. The third-order valence-electron chi connectivity index (χ3n) is 2.92. The molecule has 76 valence electrons. The molecule has 2 nitrogen and oxygen atoms in total. The summed E-state index contributed by atoms with van der Waals surface area (Å²) in [5.41, 5.74) is 3.25. The molecule has 0 amide bonds. The van der Waals surface area contributed by atoms with Crippen molar-refractivity contribution in [2.24, 2.45) is 0 Å². The first kappa shape index (κ1) is 9.81. The molecule has 2 fully saturated rings. The van der Waals surface area contributed by atoms with Crippen LogP contribution < -0.4 is 5.48 Å². The Morgan fingerprint density at radius 2 is 1.69 bits per heavy atom. The third kappa shape index (κ3) is 3.15. The van der Waals surface area contributed by atoms with Crippen LogP contribution in [0.4, 0.5) is 0 Å². The summed E-state index contributed by atoms with van der Waals surface area (Å²) >= 11 is 2.06. The Labute approximate surface area is 84.8 Å². The Morgan fingerprint density at radius 1 is 1.00 bits per heavy atom. The topological polar surface area (TPSA) is 21.3 Å². The fraction of sp³-hybridized carbons (Fsp3) is 1.00. The van der Waals surface area contributed by atoms with Crippen LogP contribution in [0, 0.1) is 0 Å². The van der Waals surface area contributed by atoms with Gasteiger partial charge in [-0.3, -0.25) is 4.84 Å². The zero-order valence-electron chi connectivity index (χ0n) is 8.13. The Kier molecular flexibility index (Phi) is 3.94. The highest BCUT2D eigenvalue weighted by atomic mass is 32.2. The highest BCUT2D eigenvalue weighted by Crippen LogP contribution is 2.21. The predicted molar refractivity (Wildman–Crippen MR) is 56.8 cm³/mol. The number of hydroxylamine groups is 1. The number of hydrogen-bond acceptors (Lipinski definition) is 3. The lowest BCUT2D eigenvalue weighted by Gasteiger charge is -2.23. The van der Waals surface area contributed by atoms with Crippen LogP contribution in [0.15, 0.2) is 0 Å². The molecule has 1 N–H and O–H groups in total. The van der Waals surface area contributed by atoms with Crippen molar-refractivity contribution in [1.29, 1.82) is 0 Å². The van der Waals surface area contributed by atoms with Crippen LogP contribution in [-0.2, 0) is 4.84 Å². The van der Waals surface area contributed by atoms with Crippen LogP contribution in [-0.4, -0.2) is 23.7 Å². The normalized spacial score (nSPS) is 26.8. The summed E-state index contributed by atoms with van der Waals surface area (Å²) in [4.78, 5) is 5.68. The van der Waals surface area contributed by atoms with E-state index in [2.05, 4.69) is 17.2 Å². The standard InChI is InChI=1S/C10H19NOS/c1-2-4-10(3-1)12-11-9-5-7-13-8-6-9/h9-11H,1-8H2. The summed E-state index contributed by atoms with van der Waals surface area (Å²) in [6.45, 7) is 0. The molecule has 3 heteroatoms. The summed E-state index contributed by atoms with van der Waals surface area (Å²) in [6.07, 6.45) is 8.28. The smallest absolute Gasteiger partial charge is 0.0790 e.